The minimum Gasteiger partial charge on any atom is -0.461 e. The highest BCUT2D eigenvalue weighted by molar-refractivity contribution is 5.74. The average Bonchev–Trinajstić information content (AvgIpc) is 3.44. The van der Waals surface area contributed by atoms with E-state index in [-0.39, 0.29) is 13.0 Å². The molecule has 0 radical (unpaired) electrons. The van der Waals surface area contributed by atoms with E-state index in [2.05, 4.69) is 0 Å². The Kier molecular flexibility index (Phi) is 11.8. The van der Waals surface area contributed by atoms with E-state index in [0.717, 1.165) is 13.8 Å². The van der Waals surface area contributed by atoms with Crippen LogP contribution in [0.2, 0.25) is 0 Å². The lowest BCUT2D eigenvalue weighted by atomic mass is 9.53. The van der Waals surface area contributed by atoms with Crippen molar-refractivity contribution in [3.63, 3.8) is 0 Å². The largest absolute Gasteiger partial charge is 0.461 e. The van der Waals surface area contributed by atoms with Gasteiger partial charge in [0.1, 0.15) is 23.4 Å². The fourth-order valence-corrected chi connectivity index (χ4v) is 9.54. The molecule has 302 valence electrons. The third-order valence-electron chi connectivity index (χ3n) is 11.3. The van der Waals surface area contributed by atoms with Crippen LogP contribution in [-0.4, -0.2) is 95.2 Å². The van der Waals surface area contributed by atoms with E-state index >= 15 is 0 Å². The van der Waals surface area contributed by atoms with Gasteiger partial charge < -0.3 is 37.9 Å². The van der Waals surface area contributed by atoms with Crippen molar-refractivity contribution < 1.29 is 71.5 Å². The van der Waals surface area contributed by atoms with Gasteiger partial charge in [0.15, 0.2) is 23.4 Å². The minimum absolute atomic E-state index is 0.117. The predicted octanol–water partition coefficient (Wildman–Crippen LogP) is 3.95. The van der Waals surface area contributed by atoms with Gasteiger partial charge in [-0.3, -0.25) is 33.6 Å². The standard InChI is InChI=1S/C39H56O15/c1-14-27(44)50-30-28-31(49-22(7)41)38-18-47-37(13,29(38)25(35(10,11)52-23(8)42)15-16-26(38)48-21(6)40)34(51-32(45)19(2)3)39(28,53-24(9)43)17-36(30,12)54-33(46)20(4)5/h15-16,19-20,25-26,28-31,34H,14,17-18H2,1-13H3/t25-,26+,28+,29-,30+,31+,34+,36+,37-,38+,39+/m0/s1. The Hall–Kier alpha value is -4.01. The van der Waals surface area contributed by atoms with Gasteiger partial charge in [-0.25, -0.2) is 0 Å². The Morgan fingerprint density at radius 3 is 1.85 bits per heavy atom. The summed E-state index contributed by atoms with van der Waals surface area (Å²) in [5.74, 6) is -9.67. The van der Waals surface area contributed by atoms with E-state index < -0.39 is 130 Å². The summed E-state index contributed by atoms with van der Waals surface area (Å²) in [6, 6.07) is 0. The first-order chi connectivity index (χ1) is 24.8. The van der Waals surface area contributed by atoms with E-state index in [4.69, 9.17) is 37.9 Å². The fraction of sp³-hybridized carbons (Fsp3) is 0.769. The van der Waals surface area contributed by atoms with Crippen LogP contribution in [0.4, 0.5) is 0 Å². The molecule has 2 saturated carbocycles. The van der Waals surface area contributed by atoms with Gasteiger partial charge in [-0.2, -0.15) is 0 Å². The summed E-state index contributed by atoms with van der Waals surface area (Å²) in [4.78, 5) is 93.2. The lowest BCUT2D eigenvalue weighted by Crippen LogP contribution is -2.64. The molecule has 1 aliphatic heterocycles. The predicted molar refractivity (Wildman–Crippen MR) is 187 cm³/mol. The number of hydrogen-bond donors (Lipinski definition) is 0. The maximum absolute atomic E-state index is 13.9. The molecule has 0 aromatic rings. The molecular weight excluding hydrogens is 708 g/mol. The molecule has 2 bridgehead atoms. The Bertz CT molecular complexity index is 1580. The van der Waals surface area contributed by atoms with Crippen molar-refractivity contribution >= 4 is 41.8 Å². The number of fused-ring (bicyclic) bond motifs is 1. The molecule has 1 saturated heterocycles. The van der Waals surface area contributed by atoms with Gasteiger partial charge in [0.2, 0.25) is 0 Å². The Balaban J connectivity index is 2.26. The molecule has 0 spiro atoms. The van der Waals surface area contributed by atoms with Crippen LogP contribution >= 0.6 is 0 Å². The number of esters is 7. The Labute approximate surface area is 316 Å². The van der Waals surface area contributed by atoms with Gasteiger partial charge >= 0.3 is 41.8 Å². The molecule has 0 aromatic carbocycles. The topological polar surface area (TPSA) is 193 Å². The normalized spacial score (nSPS) is 36.6. The van der Waals surface area contributed by atoms with E-state index in [1.54, 1.807) is 67.5 Å². The molecule has 0 aromatic heterocycles. The molecule has 3 aliphatic carbocycles. The van der Waals surface area contributed by atoms with E-state index in [1.807, 2.05) is 0 Å². The zero-order valence-electron chi connectivity index (χ0n) is 33.6. The van der Waals surface area contributed by atoms with Crippen LogP contribution < -0.4 is 0 Å². The van der Waals surface area contributed by atoms with Crippen molar-refractivity contribution in [3.8, 4) is 0 Å². The molecule has 15 heteroatoms. The van der Waals surface area contributed by atoms with E-state index in [1.165, 1.54) is 20.8 Å². The maximum Gasteiger partial charge on any atom is 0.309 e. The van der Waals surface area contributed by atoms with Crippen molar-refractivity contribution in [2.45, 2.75) is 150 Å². The molecule has 0 N–H and O–H groups in total. The van der Waals surface area contributed by atoms with Crippen LogP contribution in [0.3, 0.4) is 0 Å². The molecule has 15 nitrogen and oxygen atoms in total. The molecule has 4 rings (SSSR count). The summed E-state index contributed by atoms with van der Waals surface area (Å²) >= 11 is 0. The van der Waals surface area contributed by atoms with Gasteiger partial charge in [-0.1, -0.05) is 40.7 Å². The molecular formula is C39H56O15. The molecule has 1 heterocycles. The summed E-state index contributed by atoms with van der Waals surface area (Å²) < 4.78 is 50.4. The van der Waals surface area contributed by atoms with Crippen LogP contribution in [0.15, 0.2) is 12.2 Å². The van der Waals surface area contributed by atoms with Gasteiger partial charge in [0.05, 0.1) is 29.8 Å². The third kappa shape index (κ3) is 7.24. The fourth-order valence-electron chi connectivity index (χ4n) is 9.54. The van der Waals surface area contributed by atoms with Gasteiger partial charge in [-0.15, -0.1) is 0 Å². The smallest absolute Gasteiger partial charge is 0.309 e. The summed E-state index contributed by atoms with van der Waals surface area (Å²) in [5.41, 5.74) is -8.54. The second-order valence-corrected chi connectivity index (χ2v) is 16.6. The third-order valence-corrected chi connectivity index (χ3v) is 11.3. The monoisotopic (exact) mass is 764 g/mol. The molecule has 11 atom stereocenters. The van der Waals surface area contributed by atoms with Crippen molar-refractivity contribution in [3.05, 3.63) is 12.2 Å². The van der Waals surface area contributed by atoms with E-state index in [9.17, 15) is 33.6 Å². The lowest BCUT2D eigenvalue weighted by molar-refractivity contribution is -0.248. The molecule has 4 aliphatic rings. The van der Waals surface area contributed by atoms with Crippen LogP contribution in [0, 0.1) is 35.0 Å². The Morgan fingerprint density at radius 2 is 1.35 bits per heavy atom. The quantitative estimate of drug-likeness (QED) is 0.167. The number of rotatable bonds is 11. The first-order valence-electron chi connectivity index (χ1n) is 18.5. The lowest BCUT2D eigenvalue weighted by Gasteiger charge is -2.53. The van der Waals surface area contributed by atoms with Gasteiger partial charge in [-0.05, 0) is 33.8 Å². The first-order valence-corrected chi connectivity index (χ1v) is 18.5. The number of hydrogen-bond acceptors (Lipinski definition) is 15. The second kappa shape index (κ2) is 14.9. The maximum atomic E-state index is 13.9. The van der Waals surface area contributed by atoms with Crippen LogP contribution in [0.5, 0.6) is 0 Å². The SMILES string of the molecule is CCC(=O)O[C@@H]1[C@@H]2[C@@H](OC(C)=O)[C@@]34CO[C@](C)([C@@H](OC(=O)C(C)C)[C@@]2(OC(C)=O)C[C@@]1(C)OC(=O)C(C)C)[C@@H]3[C@@H](C(C)(C)OC(C)=O)C=C[C@H]4OC(C)=O. The highest BCUT2D eigenvalue weighted by Crippen LogP contribution is 2.70. The van der Waals surface area contributed by atoms with Gasteiger partial charge in [0.25, 0.3) is 0 Å². The molecule has 54 heavy (non-hydrogen) atoms. The van der Waals surface area contributed by atoms with Gasteiger partial charge in [0, 0.05) is 52.4 Å². The number of ether oxygens (including phenoxy) is 8. The van der Waals surface area contributed by atoms with Crippen LogP contribution in [-0.2, 0) is 71.5 Å². The highest BCUT2D eigenvalue weighted by Gasteiger charge is 2.85. The van der Waals surface area contributed by atoms with Crippen molar-refractivity contribution in [1.82, 2.24) is 0 Å². The van der Waals surface area contributed by atoms with Crippen molar-refractivity contribution in [1.29, 1.82) is 0 Å². The zero-order chi connectivity index (χ0) is 40.9. The summed E-state index contributed by atoms with van der Waals surface area (Å²) in [7, 11) is 0. The Morgan fingerprint density at radius 1 is 0.759 bits per heavy atom. The molecule has 3 fully saturated rings. The summed E-state index contributed by atoms with van der Waals surface area (Å²) in [6.45, 7) is 19.0. The van der Waals surface area contributed by atoms with Crippen molar-refractivity contribution in [2.24, 2.45) is 35.0 Å². The molecule has 0 unspecified atom stereocenters. The summed E-state index contributed by atoms with van der Waals surface area (Å²) in [5, 5.41) is 0. The van der Waals surface area contributed by atoms with Crippen LogP contribution in [0.25, 0.3) is 0 Å². The molecule has 0 amide bonds. The van der Waals surface area contributed by atoms with Crippen LogP contribution in [0.1, 0.15) is 103 Å². The first kappa shape index (κ1) is 42.7. The minimum atomic E-state index is -2.10. The number of carbonyl (C=O) groups excluding carboxylic acids is 7. The summed E-state index contributed by atoms with van der Waals surface area (Å²) in [6.07, 6.45) is -3.02. The van der Waals surface area contributed by atoms with Crippen molar-refractivity contribution in [2.75, 3.05) is 6.61 Å². The van der Waals surface area contributed by atoms with E-state index in [0.29, 0.717) is 0 Å². The zero-order valence-corrected chi connectivity index (χ0v) is 33.6. The average molecular weight is 765 g/mol. The number of carbonyl (C=O) groups is 7. The second-order valence-electron chi connectivity index (χ2n) is 16.6. The highest BCUT2D eigenvalue weighted by atomic mass is 16.6.